The molecule has 2 N–H and O–H groups in total. The maximum atomic E-state index is 13.1. The minimum atomic E-state index is -0.959. The van der Waals surface area contributed by atoms with E-state index in [1.807, 2.05) is 12.3 Å². The van der Waals surface area contributed by atoms with Gasteiger partial charge in [-0.2, -0.15) is 0 Å². The average molecular weight is 577 g/mol. The van der Waals surface area contributed by atoms with Crippen LogP contribution in [0.25, 0.3) is 27.4 Å². The van der Waals surface area contributed by atoms with Crippen molar-refractivity contribution in [1.82, 2.24) is 19.8 Å². The first-order chi connectivity index (χ1) is 21.1. The Morgan fingerprint density at radius 1 is 1.05 bits per heavy atom. The molecule has 3 aromatic rings. The number of nitrogens with one attached hydrogen (secondary N) is 1. The van der Waals surface area contributed by atoms with Crippen molar-refractivity contribution in [2.45, 2.75) is 81.9 Å². The first-order valence-electron chi connectivity index (χ1n) is 16.8. The van der Waals surface area contributed by atoms with Crippen molar-refractivity contribution >= 4 is 27.4 Å². The lowest BCUT2D eigenvalue weighted by Crippen LogP contribution is -2.65. The molecule has 5 nitrogen and oxygen atoms in total. The van der Waals surface area contributed by atoms with E-state index >= 15 is 0 Å². The summed E-state index contributed by atoms with van der Waals surface area (Å²) >= 11 is 0. The highest BCUT2D eigenvalue weighted by Crippen LogP contribution is 2.61. The molecule has 1 aliphatic carbocycles. The van der Waals surface area contributed by atoms with Crippen molar-refractivity contribution in [2.75, 3.05) is 26.2 Å². The second kappa shape index (κ2) is 11.8. The molecule has 226 valence electrons. The van der Waals surface area contributed by atoms with E-state index in [4.69, 9.17) is 4.98 Å². The van der Waals surface area contributed by atoms with Gasteiger partial charge in [-0.25, -0.2) is 0 Å². The predicted octanol–water partition coefficient (Wildman–Crippen LogP) is 7.66. The first kappa shape index (κ1) is 28.8. The number of H-pyrrole nitrogens is 1. The Morgan fingerprint density at radius 3 is 2.81 bits per heavy atom. The highest BCUT2D eigenvalue weighted by atomic mass is 16.3. The van der Waals surface area contributed by atoms with E-state index in [1.165, 1.54) is 29.2 Å². The molecule has 2 aromatic heterocycles. The Balaban J connectivity index is 1.41. The van der Waals surface area contributed by atoms with Crippen LogP contribution >= 0.6 is 0 Å². The zero-order chi connectivity index (χ0) is 29.4. The van der Waals surface area contributed by atoms with Gasteiger partial charge < -0.3 is 15.0 Å². The number of unbranched alkanes of at least 4 members (excludes halogenated alkanes) is 2. The summed E-state index contributed by atoms with van der Waals surface area (Å²) in [6, 6.07) is 11.0. The van der Waals surface area contributed by atoms with Crippen LogP contribution in [0.2, 0.25) is 0 Å². The third kappa shape index (κ3) is 4.94. The molecule has 1 spiro atoms. The number of nitrogens with zero attached hydrogens (tertiary/aromatic N) is 3. The number of allylic oxidation sites excluding steroid dienone is 4. The summed E-state index contributed by atoms with van der Waals surface area (Å²) in [4.78, 5) is 14.2. The molecule has 5 heteroatoms. The lowest BCUT2D eigenvalue weighted by atomic mass is 9.54. The van der Waals surface area contributed by atoms with Gasteiger partial charge in [0.05, 0.1) is 22.9 Å². The number of fused-ring (bicyclic) bond motifs is 4. The monoisotopic (exact) mass is 576 g/mol. The number of aromatic nitrogens is 2. The Kier molecular flexibility index (Phi) is 7.92. The van der Waals surface area contributed by atoms with Crippen LogP contribution in [0.15, 0.2) is 80.1 Å². The summed E-state index contributed by atoms with van der Waals surface area (Å²) in [7, 11) is 0. The smallest absolute Gasteiger partial charge is 0.0998 e. The maximum Gasteiger partial charge on any atom is 0.0998 e. The maximum absolute atomic E-state index is 13.1. The molecule has 3 aliphatic heterocycles. The van der Waals surface area contributed by atoms with Gasteiger partial charge in [0, 0.05) is 40.5 Å². The number of rotatable bonds is 7. The zero-order valence-electron chi connectivity index (χ0n) is 25.7. The van der Waals surface area contributed by atoms with Crippen molar-refractivity contribution < 1.29 is 5.11 Å². The van der Waals surface area contributed by atoms with Crippen molar-refractivity contribution in [1.29, 1.82) is 0 Å². The first-order valence-corrected chi connectivity index (χ1v) is 16.8. The fourth-order valence-corrected chi connectivity index (χ4v) is 9.40. The number of aliphatic hydroxyl groups is 1. The normalized spacial score (nSPS) is 33.7. The molecule has 1 unspecified atom stereocenters. The largest absolute Gasteiger partial charge is 0.384 e. The third-order valence-electron chi connectivity index (χ3n) is 11.1. The van der Waals surface area contributed by atoms with Gasteiger partial charge in [-0.3, -0.25) is 9.88 Å². The van der Waals surface area contributed by atoms with Crippen molar-refractivity contribution in [3.8, 4) is 0 Å². The van der Waals surface area contributed by atoms with Gasteiger partial charge >= 0.3 is 0 Å². The van der Waals surface area contributed by atoms with Crippen LogP contribution in [-0.2, 0) is 0 Å². The van der Waals surface area contributed by atoms with Crippen molar-refractivity contribution in [3.05, 3.63) is 85.8 Å². The van der Waals surface area contributed by atoms with Gasteiger partial charge in [0.25, 0.3) is 0 Å². The lowest BCUT2D eigenvalue weighted by molar-refractivity contribution is -0.0893. The van der Waals surface area contributed by atoms with Crippen LogP contribution < -0.4 is 0 Å². The number of hydrogen-bond donors (Lipinski definition) is 2. The molecule has 3 bridgehead atoms. The molecule has 7 rings (SSSR count). The molecule has 43 heavy (non-hydrogen) atoms. The highest BCUT2D eigenvalue weighted by Gasteiger charge is 2.65. The fourth-order valence-electron chi connectivity index (χ4n) is 9.40. The number of benzene rings is 1. The summed E-state index contributed by atoms with van der Waals surface area (Å²) in [5, 5.41) is 15.6. The Morgan fingerprint density at radius 2 is 1.93 bits per heavy atom. The summed E-state index contributed by atoms with van der Waals surface area (Å²) in [6.07, 6.45) is 23.8. The topological polar surface area (TPSA) is 55.4 Å². The standard InChI is InChI=1S/C38H48N4O/c1-3-5-6-15-23-42-28(4-2)25-37-27-41-22-14-10-8-7-9-13-20-38(43,36(37)42)26-31(32(37)19-24-41)34-35-30(18-21-39-34)29-16-11-12-17-33(29)40-35/h3-4,7,9,11-12,16-18,21,26,28,32,36,40,43H,1-2,5-6,8,10,13-15,19-20,22-25,27H2/b9-7-/t28-,32-,36+,37-,38-/m0/s1. The minimum Gasteiger partial charge on any atom is -0.384 e. The van der Waals surface area contributed by atoms with Gasteiger partial charge in [0.15, 0.2) is 0 Å². The predicted molar refractivity (Wildman–Crippen MR) is 179 cm³/mol. The Labute approximate surface area is 257 Å². The molecule has 4 aliphatic rings. The van der Waals surface area contributed by atoms with Crippen molar-refractivity contribution in [3.63, 3.8) is 0 Å². The van der Waals surface area contributed by atoms with Gasteiger partial charge in [-0.05, 0) is 114 Å². The van der Waals surface area contributed by atoms with E-state index in [0.717, 1.165) is 94.3 Å². The second-order valence-electron chi connectivity index (χ2n) is 13.6. The lowest BCUT2D eigenvalue weighted by Gasteiger charge is -2.58. The molecule has 2 fully saturated rings. The Bertz CT molecular complexity index is 1550. The molecule has 2 saturated heterocycles. The number of pyridine rings is 1. The third-order valence-corrected chi connectivity index (χ3v) is 11.1. The minimum absolute atomic E-state index is 0.0550. The summed E-state index contributed by atoms with van der Waals surface area (Å²) in [6.45, 7) is 12.6. The van der Waals surface area contributed by atoms with Crippen LogP contribution in [0.5, 0.6) is 0 Å². The SMILES string of the molecule is C=CCCCCN1[C@@H]2[C@@]3(C[C@@H]1C=C)CN1CCCC/C=C\CC[C@]2(O)C=C(c2nccc4c2[nH]c2ccccc24)[C@@H]3CC1. The second-order valence-corrected chi connectivity index (χ2v) is 13.6. The van der Waals surface area contributed by atoms with E-state index in [0.29, 0.717) is 5.92 Å². The van der Waals surface area contributed by atoms with Gasteiger partial charge in [-0.1, -0.05) is 42.5 Å². The molecule has 0 radical (unpaired) electrons. The van der Waals surface area contributed by atoms with Gasteiger partial charge in [0.1, 0.15) is 0 Å². The number of piperidine rings is 1. The van der Waals surface area contributed by atoms with E-state index < -0.39 is 5.60 Å². The van der Waals surface area contributed by atoms with Crippen LogP contribution in [0.3, 0.4) is 0 Å². The molecular weight excluding hydrogens is 528 g/mol. The van der Waals surface area contributed by atoms with E-state index in [-0.39, 0.29) is 17.5 Å². The Hall–Kier alpha value is -2.99. The summed E-state index contributed by atoms with van der Waals surface area (Å²) in [5.74, 6) is 0.333. The molecule has 6 atom stereocenters. The molecule has 0 amide bonds. The van der Waals surface area contributed by atoms with Crippen LogP contribution in [-0.4, -0.2) is 68.7 Å². The highest BCUT2D eigenvalue weighted by molar-refractivity contribution is 6.09. The van der Waals surface area contributed by atoms with Gasteiger partial charge in [-0.15, -0.1) is 13.2 Å². The molecule has 0 saturated carbocycles. The summed E-state index contributed by atoms with van der Waals surface area (Å²) < 4.78 is 0. The molecule has 1 aromatic carbocycles. The molecular formula is C38H48N4O. The van der Waals surface area contributed by atoms with Crippen molar-refractivity contribution in [2.24, 2.45) is 11.3 Å². The van der Waals surface area contributed by atoms with E-state index in [2.05, 4.69) is 82.6 Å². The quantitative estimate of drug-likeness (QED) is 0.224. The van der Waals surface area contributed by atoms with Crippen LogP contribution in [0, 0.1) is 11.3 Å². The number of para-hydroxylation sites is 1. The zero-order valence-corrected chi connectivity index (χ0v) is 25.7. The van der Waals surface area contributed by atoms with E-state index in [9.17, 15) is 5.11 Å². The average Bonchev–Trinajstić information content (AvgIpc) is 3.56. The fraction of sp³-hybridized carbons (Fsp3) is 0.500. The number of hydrogen-bond acceptors (Lipinski definition) is 4. The summed E-state index contributed by atoms with van der Waals surface area (Å²) in [5.41, 5.74) is 3.50. The van der Waals surface area contributed by atoms with Crippen LogP contribution in [0.4, 0.5) is 0 Å². The molecule has 5 heterocycles. The van der Waals surface area contributed by atoms with E-state index in [1.54, 1.807) is 0 Å². The number of aromatic amines is 1. The number of likely N-dealkylation sites (tertiary alicyclic amines) is 1. The van der Waals surface area contributed by atoms with Crippen LogP contribution in [0.1, 0.15) is 69.9 Å². The van der Waals surface area contributed by atoms with Gasteiger partial charge in [0.2, 0.25) is 0 Å².